The average molecular weight is 323 g/mol. The second-order valence-corrected chi connectivity index (χ2v) is 6.74. The third kappa shape index (κ3) is 3.43. The minimum atomic E-state index is -0.0628. The first-order valence-electron chi connectivity index (χ1n) is 7.62. The fourth-order valence-electron chi connectivity index (χ4n) is 3.07. The summed E-state index contributed by atoms with van der Waals surface area (Å²) in [7, 11) is 0. The maximum atomic E-state index is 12.7. The molecule has 2 rings (SSSR count). The van der Waals surface area contributed by atoms with Crippen LogP contribution < -0.4 is 5.32 Å². The molecule has 2 amide bonds. The molecule has 0 aromatic heterocycles. The fourth-order valence-corrected chi connectivity index (χ4v) is 3.27. The molecule has 1 N–H and O–H groups in total. The van der Waals surface area contributed by atoms with Crippen molar-refractivity contribution >= 4 is 23.4 Å². The normalized spacial score (nSPS) is 21.3. The van der Waals surface area contributed by atoms with Gasteiger partial charge in [-0.3, -0.25) is 9.59 Å². The van der Waals surface area contributed by atoms with Crippen LogP contribution in [0.15, 0.2) is 18.2 Å². The molecule has 1 heterocycles. The highest BCUT2D eigenvalue weighted by molar-refractivity contribution is 6.34. The van der Waals surface area contributed by atoms with E-state index in [1.165, 1.54) is 6.92 Å². The summed E-state index contributed by atoms with van der Waals surface area (Å²) in [6.45, 7) is 8.82. The van der Waals surface area contributed by atoms with E-state index in [-0.39, 0.29) is 23.8 Å². The van der Waals surface area contributed by atoms with Gasteiger partial charge in [0, 0.05) is 25.9 Å². The number of hydrogen-bond donors (Lipinski definition) is 1. The molecule has 0 radical (unpaired) electrons. The van der Waals surface area contributed by atoms with E-state index in [1.807, 2.05) is 19.1 Å². The molecule has 1 aliphatic heterocycles. The first kappa shape index (κ1) is 16.8. The van der Waals surface area contributed by atoms with Crippen molar-refractivity contribution in [3.63, 3.8) is 0 Å². The quantitative estimate of drug-likeness (QED) is 0.930. The molecule has 0 aliphatic carbocycles. The maximum Gasteiger partial charge on any atom is 0.255 e. The summed E-state index contributed by atoms with van der Waals surface area (Å²) in [6, 6.07) is 5.49. The number of nitrogens with one attached hydrogen (secondary N) is 1. The predicted molar refractivity (Wildman–Crippen MR) is 88.0 cm³/mol. The zero-order valence-electron chi connectivity index (χ0n) is 13.5. The van der Waals surface area contributed by atoms with Gasteiger partial charge in [0.25, 0.3) is 5.91 Å². The van der Waals surface area contributed by atoms with Gasteiger partial charge in [0.05, 0.1) is 16.6 Å². The van der Waals surface area contributed by atoms with Crippen LogP contribution >= 0.6 is 11.6 Å². The third-order valence-corrected chi connectivity index (χ3v) is 4.82. The molecular formula is C17H23ClN2O2. The molecular weight excluding hydrogens is 300 g/mol. The third-order valence-electron chi connectivity index (χ3n) is 4.32. The van der Waals surface area contributed by atoms with Crippen molar-refractivity contribution in [1.82, 2.24) is 10.2 Å². The highest BCUT2D eigenvalue weighted by Crippen LogP contribution is 2.28. The second kappa shape index (κ2) is 6.69. The molecule has 0 saturated carbocycles. The summed E-state index contributed by atoms with van der Waals surface area (Å²) in [5.41, 5.74) is 1.43. The summed E-state index contributed by atoms with van der Waals surface area (Å²) >= 11 is 6.27. The van der Waals surface area contributed by atoms with Crippen LogP contribution in [0, 0.1) is 18.8 Å². The van der Waals surface area contributed by atoms with E-state index < -0.39 is 0 Å². The maximum absolute atomic E-state index is 12.7. The van der Waals surface area contributed by atoms with Gasteiger partial charge in [0.15, 0.2) is 0 Å². The average Bonchev–Trinajstić information content (AvgIpc) is 2.84. The van der Waals surface area contributed by atoms with Crippen LogP contribution in [-0.2, 0) is 4.79 Å². The Balaban J connectivity index is 2.21. The van der Waals surface area contributed by atoms with E-state index >= 15 is 0 Å². The van der Waals surface area contributed by atoms with Gasteiger partial charge in [-0.1, -0.05) is 37.6 Å². The Hall–Kier alpha value is -1.55. The Morgan fingerprint density at radius 2 is 2.00 bits per heavy atom. The molecule has 1 fully saturated rings. The van der Waals surface area contributed by atoms with E-state index in [1.54, 1.807) is 11.0 Å². The standard InChI is InChI=1S/C17H23ClN2O2/c1-10(2)14-8-20(9-15(14)19-12(4)21)17(22)13-7-5-6-11(3)16(13)18/h5-7,10,14-15H,8-9H2,1-4H3,(H,19,21)/t14-,15+/m1/s1. The molecule has 1 saturated heterocycles. The van der Waals surface area contributed by atoms with Crippen molar-refractivity contribution in [3.8, 4) is 0 Å². The smallest absolute Gasteiger partial charge is 0.255 e. The number of halogens is 1. The topological polar surface area (TPSA) is 49.4 Å². The number of aryl methyl sites for hydroxylation is 1. The Bertz CT molecular complexity index is 586. The van der Waals surface area contributed by atoms with Crippen LogP contribution in [0.4, 0.5) is 0 Å². The van der Waals surface area contributed by atoms with Crippen molar-refractivity contribution < 1.29 is 9.59 Å². The van der Waals surface area contributed by atoms with E-state index in [4.69, 9.17) is 11.6 Å². The lowest BCUT2D eigenvalue weighted by molar-refractivity contribution is -0.119. The van der Waals surface area contributed by atoms with Crippen LogP contribution in [0.1, 0.15) is 36.7 Å². The van der Waals surface area contributed by atoms with Crippen molar-refractivity contribution in [2.24, 2.45) is 11.8 Å². The van der Waals surface area contributed by atoms with Crippen LogP contribution in [0.25, 0.3) is 0 Å². The Morgan fingerprint density at radius 3 is 2.59 bits per heavy atom. The monoisotopic (exact) mass is 322 g/mol. The van der Waals surface area contributed by atoms with Gasteiger partial charge >= 0.3 is 0 Å². The molecule has 0 unspecified atom stereocenters. The highest BCUT2D eigenvalue weighted by Gasteiger charge is 2.37. The van der Waals surface area contributed by atoms with Crippen LogP contribution in [0.5, 0.6) is 0 Å². The van der Waals surface area contributed by atoms with Crippen LogP contribution in [0.2, 0.25) is 5.02 Å². The second-order valence-electron chi connectivity index (χ2n) is 6.36. The van der Waals surface area contributed by atoms with E-state index in [0.29, 0.717) is 29.6 Å². The lowest BCUT2D eigenvalue weighted by atomic mass is 9.91. The molecule has 120 valence electrons. The molecule has 1 aliphatic rings. The number of nitrogens with zero attached hydrogens (tertiary/aromatic N) is 1. The Kier molecular flexibility index (Phi) is 5.12. The minimum Gasteiger partial charge on any atom is -0.351 e. The first-order valence-corrected chi connectivity index (χ1v) is 8.00. The largest absolute Gasteiger partial charge is 0.351 e. The number of hydrogen-bond acceptors (Lipinski definition) is 2. The van der Waals surface area contributed by atoms with Crippen molar-refractivity contribution in [1.29, 1.82) is 0 Å². The van der Waals surface area contributed by atoms with E-state index in [2.05, 4.69) is 19.2 Å². The van der Waals surface area contributed by atoms with Gasteiger partial charge in [0.2, 0.25) is 5.91 Å². The lowest BCUT2D eigenvalue weighted by Crippen LogP contribution is -2.41. The van der Waals surface area contributed by atoms with Gasteiger partial charge in [-0.15, -0.1) is 0 Å². The van der Waals surface area contributed by atoms with Crippen molar-refractivity contribution in [2.45, 2.75) is 33.7 Å². The SMILES string of the molecule is CC(=O)N[C@H]1CN(C(=O)c2cccc(C)c2Cl)C[C@@H]1C(C)C. The predicted octanol–water partition coefficient (Wildman–Crippen LogP) is 2.88. The first-order chi connectivity index (χ1) is 10.3. The minimum absolute atomic E-state index is 0.00466. The van der Waals surface area contributed by atoms with E-state index in [0.717, 1.165) is 5.56 Å². The molecule has 4 nitrogen and oxygen atoms in total. The number of benzene rings is 1. The van der Waals surface area contributed by atoms with Crippen LogP contribution in [0.3, 0.4) is 0 Å². The Morgan fingerprint density at radius 1 is 1.32 bits per heavy atom. The summed E-state index contributed by atoms with van der Waals surface area (Å²) in [5.74, 6) is 0.532. The van der Waals surface area contributed by atoms with Gasteiger partial charge < -0.3 is 10.2 Å². The molecule has 0 bridgehead atoms. The fraction of sp³-hybridized carbons (Fsp3) is 0.529. The molecule has 0 spiro atoms. The van der Waals surface area contributed by atoms with E-state index in [9.17, 15) is 9.59 Å². The lowest BCUT2D eigenvalue weighted by Gasteiger charge is -2.21. The Labute approximate surface area is 136 Å². The van der Waals surface area contributed by atoms with Gasteiger partial charge in [-0.05, 0) is 24.5 Å². The van der Waals surface area contributed by atoms with Gasteiger partial charge in [0.1, 0.15) is 0 Å². The number of carbonyl (C=O) groups excluding carboxylic acids is 2. The number of carbonyl (C=O) groups is 2. The molecule has 22 heavy (non-hydrogen) atoms. The van der Waals surface area contributed by atoms with Crippen molar-refractivity contribution in [3.05, 3.63) is 34.3 Å². The number of likely N-dealkylation sites (tertiary alicyclic amines) is 1. The summed E-state index contributed by atoms with van der Waals surface area (Å²) < 4.78 is 0. The van der Waals surface area contributed by atoms with Crippen molar-refractivity contribution in [2.75, 3.05) is 13.1 Å². The molecule has 5 heteroatoms. The molecule has 1 aromatic carbocycles. The molecule has 1 aromatic rings. The zero-order valence-corrected chi connectivity index (χ0v) is 14.3. The van der Waals surface area contributed by atoms with Gasteiger partial charge in [-0.25, -0.2) is 0 Å². The zero-order chi connectivity index (χ0) is 16.4. The van der Waals surface area contributed by atoms with Crippen LogP contribution in [-0.4, -0.2) is 35.8 Å². The summed E-state index contributed by atoms with van der Waals surface area (Å²) in [5, 5.41) is 3.48. The summed E-state index contributed by atoms with van der Waals surface area (Å²) in [6.07, 6.45) is 0. The van der Waals surface area contributed by atoms with Gasteiger partial charge in [-0.2, -0.15) is 0 Å². The number of amides is 2. The summed E-state index contributed by atoms with van der Waals surface area (Å²) in [4.78, 5) is 25.9. The highest BCUT2D eigenvalue weighted by atomic mass is 35.5. The number of rotatable bonds is 3. The molecule has 2 atom stereocenters.